The number of carbonyl (C=O) groups is 3. The molecule has 2 aromatic rings. The average molecular weight is 413 g/mol. The predicted octanol–water partition coefficient (Wildman–Crippen LogP) is 1.53. The second kappa shape index (κ2) is 9.36. The van der Waals surface area contributed by atoms with Crippen molar-refractivity contribution in [1.29, 1.82) is 0 Å². The molecule has 0 aliphatic carbocycles. The molecule has 0 saturated carbocycles. The SMILES string of the molecule is Cc1cccc(C(=O)N2CCN(C(=O)Nc3ccc(F)cc3)C2C(=O)NCCN)c1. The fraction of sp³-hybridized carbons (Fsp3) is 0.286. The fourth-order valence-electron chi connectivity index (χ4n) is 3.30. The zero-order valence-electron chi connectivity index (χ0n) is 16.6. The number of aryl methyl sites for hydroxylation is 1. The van der Waals surface area contributed by atoms with Crippen molar-refractivity contribution < 1.29 is 18.8 Å². The summed E-state index contributed by atoms with van der Waals surface area (Å²) in [7, 11) is 0. The van der Waals surface area contributed by atoms with Gasteiger partial charge in [0.05, 0.1) is 0 Å². The monoisotopic (exact) mass is 413 g/mol. The van der Waals surface area contributed by atoms with Gasteiger partial charge in [-0.2, -0.15) is 0 Å². The highest BCUT2D eigenvalue weighted by Crippen LogP contribution is 2.21. The third kappa shape index (κ3) is 4.74. The molecule has 4 amide bonds. The van der Waals surface area contributed by atoms with E-state index in [9.17, 15) is 18.8 Å². The number of urea groups is 1. The van der Waals surface area contributed by atoms with Crippen LogP contribution in [-0.4, -0.2) is 60.0 Å². The van der Waals surface area contributed by atoms with Crippen molar-refractivity contribution in [1.82, 2.24) is 15.1 Å². The zero-order chi connectivity index (χ0) is 21.7. The number of nitrogens with zero attached hydrogens (tertiary/aromatic N) is 2. The van der Waals surface area contributed by atoms with Crippen molar-refractivity contribution in [2.24, 2.45) is 5.73 Å². The molecule has 0 spiro atoms. The molecular formula is C21H24FN5O3. The standard InChI is InChI=1S/C21H24FN5O3/c1-14-3-2-4-15(13-14)20(29)26-11-12-27(19(26)18(28)24-10-9-23)21(30)25-17-7-5-16(22)6-8-17/h2-8,13,19H,9-12,23H2,1H3,(H,24,28)(H,25,30). The smallest absolute Gasteiger partial charge is 0.323 e. The minimum atomic E-state index is -1.12. The highest BCUT2D eigenvalue weighted by Gasteiger charge is 2.42. The van der Waals surface area contributed by atoms with Gasteiger partial charge in [0.1, 0.15) is 5.82 Å². The number of hydrogen-bond acceptors (Lipinski definition) is 4. The second-order valence-electron chi connectivity index (χ2n) is 6.95. The van der Waals surface area contributed by atoms with Crippen LogP contribution in [-0.2, 0) is 4.79 Å². The summed E-state index contributed by atoms with van der Waals surface area (Å²) in [5.74, 6) is -1.26. The van der Waals surface area contributed by atoms with Crippen molar-refractivity contribution in [3.8, 4) is 0 Å². The summed E-state index contributed by atoms with van der Waals surface area (Å²) in [5, 5.41) is 5.29. The van der Waals surface area contributed by atoms with Crippen LogP contribution in [0.3, 0.4) is 0 Å². The Balaban J connectivity index is 1.83. The fourth-order valence-corrected chi connectivity index (χ4v) is 3.30. The number of amides is 4. The van der Waals surface area contributed by atoms with Gasteiger partial charge in [0.15, 0.2) is 6.17 Å². The van der Waals surface area contributed by atoms with Crippen LogP contribution < -0.4 is 16.4 Å². The number of carbonyl (C=O) groups excluding carboxylic acids is 3. The second-order valence-corrected chi connectivity index (χ2v) is 6.95. The van der Waals surface area contributed by atoms with E-state index in [0.29, 0.717) is 11.3 Å². The van der Waals surface area contributed by atoms with Gasteiger partial charge in [-0.15, -0.1) is 0 Å². The first-order chi connectivity index (χ1) is 14.4. The van der Waals surface area contributed by atoms with E-state index in [4.69, 9.17) is 5.73 Å². The van der Waals surface area contributed by atoms with Gasteiger partial charge in [0, 0.05) is 37.4 Å². The van der Waals surface area contributed by atoms with Crippen LogP contribution in [0.25, 0.3) is 0 Å². The molecule has 0 radical (unpaired) electrons. The Morgan fingerprint density at radius 3 is 2.47 bits per heavy atom. The number of nitrogens with one attached hydrogen (secondary N) is 2. The number of halogens is 1. The Morgan fingerprint density at radius 1 is 1.10 bits per heavy atom. The van der Waals surface area contributed by atoms with E-state index in [2.05, 4.69) is 10.6 Å². The highest BCUT2D eigenvalue weighted by atomic mass is 19.1. The lowest BCUT2D eigenvalue weighted by Gasteiger charge is -2.29. The molecule has 0 aromatic heterocycles. The lowest BCUT2D eigenvalue weighted by atomic mass is 10.1. The number of anilines is 1. The summed E-state index contributed by atoms with van der Waals surface area (Å²) in [6.45, 7) is 2.69. The maximum absolute atomic E-state index is 13.1. The van der Waals surface area contributed by atoms with Crippen LogP contribution in [0.5, 0.6) is 0 Å². The van der Waals surface area contributed by atoms with Crippen molar-refractivity contribution in [3.63, 3.8) is 0 Å². The van der Waals surface area contributed by atoms with Gasteiger partial charge in [-0.25, -0.2) is 9.18 Å². The van der Waals surface area contributed by atoms with Crippen LogP contribution in [0, 0.1) is 12.7 Å². The van der Waals surface area contributed by atoms with E-state index < -0.39 is 23.9 Å². The van der Waals surface area contributed by atoms with Crippen molar-refractivity contribution in [3.05, 3.63) is 65.5 Å². The summed E-state index contributed by atoms with van der Waals surface area (Å²) in [5.41, 5.74) is 7.20. The maximum atomic E-state index is 13.1. The molecule has 2 aromatic carbocycles. The lowest BCUT2D eigenvalue weighted by molar-refractivity contribution is -0.127. The molecular weight excluding hydrogens is 389 g/mol. The number of hydrogen-bond donors (Lipinski definition) is 3. The average Bonchev–Trinajstić information content (AvgIpc) is 3.18. The quantitative estimate of drug-likeness (QED) is 0.691. The predicted molar refractivity (Wildman–Crippen MR) is 110 cm³/mol. The van der Waals surface area contributed by atoms with E-state index >= 15 is 0 Å². The first-order valence-electron chi connectivity index (χ1n) is 9.59. The van der Waals surface area contributed by atoms with Crippen LogP contribution in [0.4, 0.5) is 14.9 Å². The lowest BCUT2D eigenvalue weighted by Crippen LogP contribution is -2.55. The Bertz CT molecular complexity index is 934. The van der Waals surface area contributed by atoms with E-state index in [1.807, 2.05) is 13.0 Å². The third-order valence-electron chi connectivity index (χ3n) is 4.73. The van der Waals surface area contributed by atoms with Crippen molar-refractivity contribution in [2.75, 3.05) is 31.5 Å². The molecule has 1 aliphatic rings. The summed E-state index contributed by atoms with van der Waals surface area (Å²) >= 11 is 0. The molecule has 158 valence electrons. The topological polar surface area (TPSA) is 108 Å². The molecule has 1 aliphatic heterocycles. The van der Waals surface area contributed by atoms with Gasteiger partial charge in [-0.1, -0.05) is 17.7 Å². The first-order valence-corrected chi connectivity index (χ1v) is 9.59. The first kappa shape index (κ1) is 21.3. The van der Waals surface area contributed by atoms with E-state index in [0.717, 1.165) is 5.56 Å². The zero-order valence-corrected chi connectivity index (χ0v) is 16.6. The van der Waals surface area contributed by atoms with E-state index in [-0.39, 0.29) is 32.1 Å². The van der Waals surface area contributed by atoms with Gasteiger partial charge < -0.3 is 21.3 Å². The van der Waals surface area contributed by atoms with Crippen LogP contribution >= 0.6 is 0 Å². The van der Waals surface area contributed by atoms with Crippen LogP contribution in [0.15, 0.2) is 48.5 Å². The van der Waals surface area contributed by atoms with Crippen molar-refractivity contribution >= 4 is 23.5 Å². The summed E-state index contributed by atoms with van der Waals surface area (Å²) in [6, 6.07) is 11.8. The molecule has 30 heavy (non-hydrogen) atoms. The molecule has 1 atom stereocenters. The van der Waals surface area contributed by atoms with Gasteiger partial charge >= 0.3 is 6.03 Å². The minimum absolute atomic E-state index is 0.172. The Kier molecular flexibility index (Phi) is 6.63. The Morgan fingerprint density at radius 2 is 1.80 bits per heavy atom. The molecule has 1 heterocycles. The van der Waals surface area contributed by atoms with Crippen LogP contribution in [0.1, 0.15) is 15.9 Å². The van der Waals surface area contributed by atoms with Crippen LogP contribution in [0.2, 0.25) is 0 Å². The summed E-state index contributed by atoms with van der Waals surface area (Å²) in [4.78, 5) is 41.3. The molecule has 8 nitrogen and oxygen atoms in total. The molecule has 9 heteroatoms. The molecule has 1 fully saturated rings. The summed E-state index contributed by atoms with van der Waals surface area (Å²) < 4.78 is 13.1. The third-order valence-corrected chi connectivity index (χ3v) is 4.73. The largest absolute Gasteiger partial charge is 0.351 e. The molecule has 1 unspecified atom stereocenters. The molecule has 1 saturated heterocycles. The number of benzene rings is 2. The molecule has 3 rings (SSSR count). The van der Waals surface area contributed by atoms with Gasteiger partial charge in [-0.05, 0) is 43.3 Å². The molecule has 0 bridgehead atoms. The van der Waals surface area contributed by atoms with Gasteiger partial charge in [0.2, 0.25) is 0 Å². The van der Waals surface area contributed by atoms with Gasteiger partial charge in [-0.3, -0.25) is 14.5 Å². The molecule has 4 N–H and O–H groups in total. The van der Waals surface area contributed by atoms with E-state index in [1.54, 1.807) is 18.2 Å². The Hall–Kier alpha value is -3.46. The number of rotatable bonds is 5. The van der Waals surface area contributed by atoms with E-state index in [1.165, 1.54) is 34.1 Å². The normalized spacial score (nSPS) is 15.8. The Labute approximate surface area is 173 Å². The highest BCUT2D eigenvalue weighted by molar-refractivity contribution is 6.00. The maximum Gasteiger partial charge on any atom is 0.323 e. The minimum Gasteiger partial charge on any atom is -0.351 e. The van der Waals surface area contributed by atoms with Gasteiger partial charge in [0.25, 0.3) is 11.8 Å². The summed E-state index contributed by atoms with van der Waals surface area (Å²) in [6.07, 6.45) is -1.12. The number of nitrogens with two attached hydrogens (primary N) is 1. The van der Waals surface area contributed by atoms with Crippen molar-refractivity contribution in [2.45, 2.75) is 13.1 Å².